The van der Waals surface area contributed by atoms with Crippen molar-refractivity contribution in [3.63, 3.8) is 0 Å². The number of hydrogen-bond donors (Lipinski definition) is 2. The van der Waals surface area contributed by atoms with Gasteiger partial charge in [-0.1, -0.05) is 26.2 Å². The minimum Gasteiger partial charge on any atom is -0.396 e. The number of amides is 1. The highest BCUT2D eigenvalue weighted by Crippen LogP contribution is 2.35. The van der Waals surface area contributed by atoms with Gasteiger partial charge in [-0.3, -0.25) is 4.79 Å². The topological polar surface area (TPSA) is 60.8 Å². The zero-order chi connectivity index (χ0) is 13.2. The first-order valence-electron chi connectivity index (χ1n) is 7.10. The average molecular weight is 255 g/mol. The summed E-state index contributed by atoms with van der Waals surface area (Å²) in [5.41, 5.74) is -0.437. The van der Waals surface area contributed by atoms with Gasteiger partial charge < -0.3 is 15.1 Å². The second kappa shape index (κ2) is 5.57. The molecule has 0 aromatic heterocycles. The largest absolute Gasteiger partial charge is 0.396 e. The number of carbonyl (C=O) groups excluding carboxylic acids is 1. The molecule has 1 aliphatic carbocycles. The zero-order valence-corrected chi connectivity index (χ0v) is 11.3. The first-order chi connectivity index (χ1) is 8.60. The molecule has 0 aromatic carbocycles. The van der Waals surface area contributed by atoms with Gasteiger partial charge in [0.05, 0.1) is 18.6 Å². The highest BCUT2D eigenvalue weighted by Gasteiger charge is 2.44. The van der Waals surface area contributed by atoms with E-state index < -0.39 is 5.41 Å². The van der Waals surface area contributed by atoms with E-state index >= 15 is 0 Å². The number of hydrogen-bond acceptors (Lipinski definition) is 3. The molecule has 2 aliphatic rings. The van der Waals surface area contributed by atoms with E-state index in [2.05, 4.69) is 6.92 Å². The smallest absolute Gasteiger partial charge is 0.222 e. The third-order valence-corrected chi connectivity index (χ3v) is 4.80. The van der Waals surface area contributed by atoms with E-state index in [0.717, 1.165) is 0 Å². The normalized spacial score (nSPS) is 30.9. The summed E-state index contributed by atoms with van der Waals surface area (Å²) in [6.07, 6.45) is 5.61. The fraction of sp³-hybridized carbons (Fsp3) is 0.929. The Morgan fingerprint density at radius 1 is 1.22 bits per heavy atom. The van der Waals surface area contributed by atoms with Gasteiger partial charge in [-0.05, 0) is 18.3 Å². The Morgan fingerprint density at radius 2 is 1.83 bits per heavy atom. The third-order valence-electron chi connectivity index (χ3n) is 4.80. The van der Waals surface area contributed by atoms with Crippen molar-refractivity contribution < 1.29 is 15.0 Å². The van der Waals surface area contributed by atoms with Crippen LogP contribution in [0, 0.1) is 17.3 Å². The highest BCUT2D eigenvalue weighted by molar-refractivity contribution is 5.77. The van der Waals surface area contributed by atoms with Crippen LogP contribution < -0.4 is 0 Å². The van der Waals surface area contributed by atoms with Crippen LogP contribution in [0.15, 0.2) is 0 Å². The Labute approximate surface area is 109 Å². The fourth-order valence-electron chi connectivity index (χ4n) is 3.24. The lowest BCUT2D eigenvalue weighted by Crippen LogP contribution is -2.62. The molecular weight excluding hydrogens is 230 g/mol. The summed E-state index contributed by atoms with van der Waals surface area (Å²) in [5, 5.41) is 18.4. The van der Waals surface area contributed by atoms with Crippen LogP contribution in [0.25, 0.3) is 0 Å². The first-order valence-corrected chi connectivity index (χ1v) is 7.10. The van der Waals surface area contributed by atoms with Gasteiger partial charge in [-0.2, -0.15) is 0 Å². The minimum atomic E-state index is -0.437. The van der Waals surface area contributed by atoms with Crippen molar-refractivity contribution in [2.75, 3.05) is 26.3 Å². The third kappa shape index (κ3) is 2.69. The number of likely N-dealkylation sites (tertiary alicyclic amines) is 1. The van der Waals surface area contributed by atoms with Crippen LogP contribution in [0.2, 0.25) is 0 Å². The number of aliphatic hydroxyl groups excluding tert-OH is 2. The molecular formula is C14H25NO3. The lowest BCUT2D eigenvalue weighted by atomic mass is 9.77. The highest BCUT2D eigenvalue weighted by atomic mass is 16.3. The van der Waals surface area contributed by atoms with Crippen LogP contribution in [0.5, 0.6) is 0 Å². The van der Waals surface area contributed by atoms with Crippen molar-refractivity contribution in [2.24, 2.45) is 17.3 Å². The summed E-state index contributed by atoms with van der Waals surface area (Å²) in [4.78, 5) is 13.9. The predicted octanol–water partition coefficient (Wildman–Crippen LogP) is 1.02. The van der Waals surface area contributed by atoms with E-state index in [1.165, 1.54) is 25.7 Å². The lowest BCUT2D eigenvalue weighted by molar-refractivity contribution is -0.151. The molecule has 104 valence electrons. The van der Waals surface area contributed by atoms with Gasteiger partial charge >= 0.3 is 0 Å². The molecule has 1 aliphatic heterocycles. The number of carbonyl (C=O) groups is 1. The van der Waals surface area contributed by atoms with Crippen LogP contribution in [0.1, 0.15) is 39.0 Å². The maximum absolute atomic E-state index is 12.1. The molecule has 4 nitrogen and oxygen atoms in total. The Hall–Kier alpha value is -0.610. The van der Waals surface area contributed by atoms with Gasteiger partial charge in [-0.15, -0.1) is 0 Å². The molecule has 4 heteroatoms. The summed E-state index contributed by atoms with van der Waals surface area (Å²) < 4.78 is 0. The molecule has 0 spiro atoms. The van der Waals surface area contributed by atoms with E-state index in [9.17, 15) is 15.0 Å². The number of aliphatic hydroxyl groups is 2. The lowest BCUT2D eigenvalue weighted by Gasteiger charge is -2.48. The van der Waals surface area contributed by atoms with Crippen molar-refractivity contribution in [3.05, 3.63) is 0 Å². The van der Waals surface area contributed by atoms with Crippen molar-refractivity contribution >= 4 is 5.91 Å². The van der Waals surface area contributed by atoms with Crippen LogP contribution >= 0.6 is 0 Å². The summed E-state index contributed by atoms with van der Waals surface area (Å²) >= 11 is 0. The maximum atomic E-state index is 12.1. The van der Waals surface area contributed by atoms with E-state index in [1.807, 2.05) is 0 Å². The van der Waals surface area contributed by atoms with E-state index in [4.69, 9.17) is 0 Å². The number of nitrogens with zero attached hydrogens (tertiary/aromatic N) is 1. The van der Waals surface area contributed by atoms with Gasteiger partial charge in [-0.25, -0.2) is 0 Å². The van der Waals surface area contributed by atoms with Gasteiger partial charge in [0, 0.05) is 19.5 Å². The van der Waals surface area contributed by atoms with E-state index in [0.29, 0.717) is 31.3 Å². The molecule has 0 radical (unpaired) electrons. The van der Waals surface area contributed by atoms with Crippen molar-refractivity contribution in [1.82, 2.24) is 4.90 Å². The second-order valence-corrected chi connectivity index (χ2v) is 6.29. The zero-order valence-electron chi connectivity index (χ0n) is 11.3. The number of rotatable bonds is 4. The van der Waals surface area contributed by atoms with Crippen LogP contribution in [-0.2, 0) is 4.79 Å². The molecule has 2 fully saturated rings. The van der Waals surface area contributed by atoms with E-state index in [1.54, 1.807) is 4.90 Å². The van der Waals surface area contributed by atoms with Gasteiger partial charge in [0.2, 0.25) is 5.91 Å². The first kappa shape index (κ1) is 13.8. The molecule has 2 rings (SSSR count). The molecule has 2 atom stereocenters. The van der Waals surface area contributed by atoms with Gasteiger partial charge in [0.25, 0.3) is 0 Å². The molecule has 1 amide bonds. The quantitative estimate of drug-likeness (QED) is 0.788. The van der Waals surface area contributed by atoms with Crippen LogP contribution in [-0.4, -0.2) is 47.3 Å². The summed E-state index contributed by atoms with van der Waals surface area (Å²) in [5.74, 6) is 1.39. The Morgan fingerprint density at radius 3 is 2.39 bits per heavy atom. The van der Waals surface area contributed by atoms with Crippen LogP contribution in [0.4, 0.5) is 0 Å². The summed E-state index contributed by atoms with van der Waals surface area (Å²) in [6, 6.07) is 0. The Balaban J connectivity index is 1.79. The predicted molar refractivity (Wildman–Crippen MR) is 68.9 cm³/mol. The minimum absolute atomic E-state index is 0.0346. The molecule has 2 unspecified atom stereocenters. The molecule has 1 heterocycles. The van der Waals surface area contributed by atoms with Gasteiger partial charge in [0.15, 0.2) is 0 Å². The molecule has 2 N–H and O–H groups in total. The van der Waals surface area contributed by atoms with Gasteiger partial charge in [0.1, 0.15) is 0 Å². The SMILES string of the molecule is CC1CCCCC1CC(=O)N1CC(CO)(CO)C1. The second-order valence-electron chi connectivity index (χ2n) is 6.29. The molecule has 1 saturated carbocycles. The molecule has 0 aromatic rings. The van der Waals surface area contributed by atoms with Crippen molar-refractivity contribution in [2.45, 2.75) is 39.0 Å². The maximum Gasteiger partial charge on any atom is 0.222 e. The molecule has 1 saturated heterocycles. The monoisotopic (exact) mass is 255 g/mol. The summed E-state index contributed by atoms with van der Waals surface area (Å²) in [7, 11) is 0. The Bertz CT molecular complexity index is 293. The Kier molecular flexibility index (Phi) is 4.28. The van der Waals surface area contributed by atoms with Crippen LogP contribution in [0.3, 0.4) is 0 Å². The molecule has 18 heavy (non-hydrogen) atoms. The fourth-order valence-corrected chi connectivity index (χ4v) is 3.24. The average Bonchev–Trinajstić information content (AvgIpc) is 2.32. The standard InChI is InChI=1S/C14H25NO3/c1-11-4-2-3-5-12(11)6-13(18)15-7-14(8-15,9-16)10-17/h11-12,16-17H,2-10H2,1H3. The summed E-state index contributed by atoms with van der Waals surface area (Å²) in [6.45, 7) is 3.21. The molecule has 0 bridgehead atoms. The van der Waals surface area contributed by atoms with Crippen molar-refractivity contribution in [3.8, 4) is 0 Å². The van der Waals surface area contributed by atoms with Crippen molar-refractivity contribution in [1.29, 1.82) is 0 Å². The van der Waals surface area contributed by atoms with E-state index in [-0.39, 0.29) is 19.1 Å².